The first-order valence-corrected chi connectivity index (χ1v) is 5.70. The largest absolute Gasteiger partial charge is 0.355 e. The van der Waals surface area contributed by atoms with Crippen molar-refractivity contribution in [1.82, 2.24) is 20.5 Å². The molecule has 0 unspecified atom stereocenters. The van der Waals surface area contributed by atoms with Gasteiger partial charge >= 0.3 is 0 Å². The molecule has 2 N–H and O–H groups in total. The third kappa shape index (κ3) is 3.57. The number of H-pyrrole nitrogens is 1. The Labute approximate surface area is 108 Å². The summed E-state index contributed by atoms with van der Waals surface area (Å²) in [4.78, 5) is 15.5. The molecule has 5 nitrogen and oxygen atoms in total. The van der Waals surface area contributed by atoms with E-state index in [2.05, 4.69) is 20.5 Å². The summed E-state index contributed by atoms with van der Waals surface area (Å²) in [6, 6.07) is 3.77. The molecule has 0 aliphatic heterocycles. The molecule has 7 heteroatoms. The Bertz CT molecular complexity index is 557. The highest BCUT2D eigenvalue weighted by molar-refractivity contribution is 5.78. The minimum atomic E-state index is -0.979. The fourth-order valence-electron chi connectivity index (χ4n) is 1.59. The van der Waals surface area contributed by atoms with E-state index in [0.717, 1.165) is 6.07 Å². The highest BCUT2D eigenvalue weighted by Crippen LogP contribution is 2.11. The molecule has 100 valence electrons. The molecule has 19 heavy (non-hydrogen) atoms. The van der Waals surface area contributed by atoms with Gasteiger partial charge in [-0.05, 0) is 6.07 Å². The van der Waals surface area contributed by atoms with E-state index in [1.54, 1.807) is 0 Å². The van der Waals surface area contributed by atoms with Crippen LogP contribution in [0, 0.1) is 11.6 Å². The van der Waals surface area contributed by atoms with Gasteiger partial charge in [0.15, 0.2) is 11.6 Å². The van der Waals surface area contributed by atoms with Crippen molar-refractivity contribution in [1.29, 1.82) is 0 Å². The van der Waals surface area contributed by atoms with Crippen LogP contribution in [0.3, 0.4) is 0 Å². The van der Waals surface area contributed by atoms with E-state index in [4.69, 9.17) is 0 Å². The Balaban J connectivity index is 1.82. The van der Waals surface area contributed by atoms with Crippen molar-refractivity contribution in [3.63, 3.8) is 0 Å². The van der Waals surface area contributed by atoms with Crippen LogP contribution in [0.1, 0.15) is 11.4 Å². The number of amides is 1. The van der Waals surface area contributed by atoms with Crippen LogP contribution >= 0.6 is 0 Å². The lowest BCUT2D eigenvalue weighted by atomic mass is 10.1. The van der Waals surface area contributed by atoms with Gasteiger partial charge in [0.2, 0.25) is 5.91 Å². The summed E-state index contributed by atoms with van der Waals surface area (Å²) in [5, 5.41) is 8.92. The highest BCUT2D eigenvalue weighted by atomic mass is 19.2. The summed E-state index contributed by atoms with van der Waals surface area (Å²) in [5.41, 5.74) is 0.0390. The normalized spacial score (nSPS) is 10.4. The van der Waals surface area contributed by atoms with Crippen molar-refractivity contribution in [2.75, 3.05) is 6.54 Å². The van der Waals surface area contributed by atoms with E-state index in [9.17, 15) is 13.6 Å². The molecule has 0 fully saturated rings. The van der Waals surface area contributed by atoms with Gasteiger partial charge in [0.25, 0.3) is 0 Å². The fraction of sp³-hybridized carbons (Fsp3) is 0.250. The number of carbonyl (C=O) groups is 1. The highest BCUT2D eigenvalue weighted by Gasteiger charge is 2.11. The second kappa shape index (κ2) is 6.03. The summed E-state index contributed by atoms with van der Waals surface area (Å²) < 4.78 is 26.3. The van der Waals surface area contributed by atoms with Crippen molar-refractivity contribution in [3.8, 4) is 0 Å². The van der Waals surface area contributed by atoms with Crippen molar-refractivity contribution in [2.24, 2.45) is 0 Å². The summed E-state index contributed by atoms with van der Waals surface area (Å²) in [6.07, 6.45) is 1.68. The van der Waals surface area contributed by atoms with Gasteiger partial charge in [-0.25, -0.2) is 13.8 Å². The zero-order chi connectivity index (χ0) is 13.7. The maximum atomic E-state index is 13.3. The molecule has 0 aliphatic rings. The molecular weight excluding hydrogens is 254 g/mol. The molecule has 0 bridgehead atoms. The Morgan fingerprint density at radius 1 is 1.37 bits per heavy atom. The third-order valence-corrected chi connectivity index (χ3v) is 2.53. The van der Waals surface area contributed by atoms with Crippen molar-refractivity contribution >= 4 is 5.91 Å². The Morgan fingerprint density at radius 2 is 2.21 bits per heavy atom. The summed E-state index contributed by atoms with van der Waals surface area (Å²) >= 11 is 0. The van der Waals surface area contributed by atoms with E-state index in [1.807, 2.05) is 0 Å². The molecule has 1 aromatic heterocycles. The van der Waals surface area contributed by atoms with Gasteiger partial charge in [-0.15, -0.1) is 0 Å². The van der Waals surface area contributed by atoms with Crippen LogP contribution < -0.4 is 5.32 Å². The average Bonchev–Trinajstić information content (AvgIpc) is 2.88. The number of halogens is 2. The SMILES string of the molecule is O=C(Cc1cccc(F)c1F)NCCc1ncn[nH]1. The maximum absolute atomic E-state index is 13.3. The molecule has 2 rings (SSSR count). The van der Waals surface area contributed by atoms with E-state index in [-0.39, 0.29) is 17.9 Å². The number of hydrogen-bond donors (Lipinski definition) is 2. The van der Waals surface area contributed by atoms with E-state index in [0.29, 0.717) is 18.8 Å². The van der Waals surface area contributed by atoms with Gasteiger partial charge in [0.1, 0.15) is 12.2 Å². The van der Waals surface area contributed by atoms with Crippen LogP contribution in [0.4, 0.5) is 8.78 Å². The number of hydrogen-bond acceptors (Lipinski definition) is 3. The number of aromatic amines is 1. The lowest BCUT2D eigenvalue weighted by Crippen LogP contribution is -2.27. The second-order valence-corrected chi connectivity index (χ2v) is 3.92. The van der Waals surface area contributed by atoms with Crippen molar-refractivity contribution in [3.05, 3.63) is 47.5 Å². The lowest BCUT2D eigenvalue weighted by molar-refractivity contribution is -0.120. The van der Waals surface area contributed by atoms with Gasteiger partial charge in [-0.1, -0.05) is 12.1 Å². The molecule has 0 aliphatic carbocycles. The Kier molecular flexibility index (Phi) is 4.17. The van der Waals surface area contributed by atoms with Crippen LogP contribution in [0.25, 0.3) is 0 Å². The van der Waals surface area contributed by atoms with Crippen LogP contribution in [0.15, 0.2) is 24.5 Å². The van der Waals surface area contributed by atoms with Crippen LogP contribution in [-0.2, 0) is 17.6 Å². The Hall–Kier alpha value is -2.31. The van der Waals surface area contributed by atoms with E-state index >= 15 is 0 Å². The maximum Gasteiger partial charge on any atom is 0.224 e. The number of aromatic nitrogens is 3. The predicted octanol–water partition coefficient (Wildman–Crippen LogP) is 0.984. The molecule has 0 spiro atoms. The molecule has 2 aromatic rings. The lowest BCUT2D eigenvalue weighted by Gasteiger charge is -2.05. The van der Waals surface area contributed by atoms with E-state index in [1.165, 1.54) is 18.5 Å². The fourth-order valence-corrected chi connectivity index (χ4v) is 1.59. The monoisotopic (exact) mass is 266 g/mol. The van der Waals surface area contributed by atoms with Gasteiger partial charge < -0.3 is 5.32 Å². The topological polar surface area (TPSA) is 70.7 Å². The minimum Gasteiger partial charge on any atom is -0.355 e. The first kappa shape index (κ1) is 13.1. The van der Waals surface area contributed by atoms with Gasteiger partial charge in [-0.2, -0.15) is 5.10 Å². The molecule has 0 saturated carbocycles. The molecule has 1 amide bonds. The summed E-state index contributed by atoms with van der Waals surface area (Å²) in [7, 11) is 0. The van der Waals surface area contributed by atoms with Crippen LogP contribution in [0.5, 0.6) is 0 Å². The smallest absolute Gasteiger partial charge is 0.224 e. The molecule has 1 aromatic carbocycles. The second-order valence-electron chi connectivity index (χ2n) is 3.92. The van der Waals surface area contributed by atoms with Crippen molar-refractivity contribution in [2.45, 2.75) is 12.8 Å². The van der Waals surface area contributed by atoms with E-state index < -0.39 is 11.6 Å². The predicted molar refractivity (Wildman–Crippen MR) is 63.2 cm³/mol. The third-order valence-electron chi connectivity index (χ3n) is 2.53. The first-order chi connectivity index (χ1) is 9.16. The van der Waals surface area contributed by atoms with Gasteiger partial charge in [0.05, 0.1) is 6.42 Å². The zero-order valence-electron chi connectivity index (χ0n) is 9.99. The summed E-state index contributed by atoms with van der Waals surface area (Å²) in [5.74, 6) is -1.65. The number of carbonyl (C=O) groups excluding carboxylic acids is 1. The quantitative estimate of drug-likeness (QED) is 0.847. The number of benzene rings is 1. The zero-order valence-corrected chi connectivity index (χ0v) is 9.99. The number of nitrogens with one attached hydrogen (secondary N) is 2. The number of nitrogens with zero attached hydrogens (tertiary/aromatic N) is 2. The Morgan fingerprint density at radius 3 is 2.95 bits per heavy atom. The van der Waals surface area contributed by atoms with Gasteiger partial charge in [-0.3, -0.25) is 9.89 Å². The molecule has 1 heterocycles. The minimum absolute atomic E-state index is 0.0390. The molecule has 0 radical (unpaired) electrons. The average molecular weight is 266 g/mol. The van der Waals surface area contributed by atoms with Crippen LogP contribution in [-0.4, -0.2) is 27.6 Å². The standard InChI is InChI=1S/C12H12F2N4O/c13-9-3-1-2-8(12(9)14)6-11(19)15-5-4-10-16-7-17-18-10/h1-3,7H,4-6H2,(H,15,19)(H,16,17,18). The molecule has 0 atom stereocenters. The first-order valence-electron chi connectivity index (χ1n) is 5.70. The van der Waals surface area contributed by atoms with Crippen LogP contribution in [0.2, 0.25) is 0 Å². The van der Waals surface area contributed by atoms with Gasteiger partial charge in [0, 0.05) is 18.5 Å². The van der Waals surface area contributed by atoms with Crippen molar-refractivity contribution < 1.29 is 13.6 Å². The molecule has 0 saturated heterocycles. The summed E-state index contributed by atoms with van der Waals surface area (Å²) in [6.45, 7) is 0.352. The number of rotatable bonds is 5. The molecular formula is C12H12F2N4O.